The molecule has 1 aliphatic rings. The molecule has 0 unspecified atom stereocenters. The topological polar surface area (TPSA) is 39.4 Å². The van der Waals surface area contributed by atoms with Crippen molar-refractivity contribution in [1.29, 1.82) is 0 Å². The highest BCUT2D eigenvalue weighted by atomic mass is 16.5. The molecule has 1 heterocycles. The summed E-state index contributed by atoms with van der Waals surface area (Å²) in [5.74, 6) is 0.965. The Morgan fingerprint density at radius 2 is 2.13 bits per heavy atom. The minimum Gasteiger partial charge on any atom is -0.460 e. The Morgan fingerprint density at radius 1 is 1.22 bits per heavy atom. The van der Waals surface area contributed by atoms with Gasteiger partial charge in [0.15, 0.2) is 0 Å². The highest BCUT2D eigenvalue weighted by molar-refractivity contribution is 5.81. The summed E-state index contributed by atoms with van der Waals surface area (Å²) in [6.07, 6.45) is 5.06. The van der Waals surface area contributed by atoms with Gasteiger partial charge in [-0.3, -0.25) is 4.79 Å². The van der Waals surface area contributed by atoms with Crippen LogP contribution in [0, 0.1) is 6.92 Å². The molecular weight excluding hydrogens is 288 g/mol. The molecule has 3 aromatic rings. The molecule has 0 saturated carbocycles. The Bertz CT molecular complexity index is 931. The number of benzene rings is 2. The maximum atomic E-state index is 12.2. The van der Waals surface area contributed by atoms with Gasteiger partial charge in [0.05, 0.1) is 0 Å². The third-order valence-electron chi connectivity index (χ3n) is 4.05. The van der Waals surface area contributed by atoms with E-state index >= 15 is 0 Å². The second-order valence-electron chi connectivity index (χ2n) is 5.84. The van der Waals surface area contributed by atoms with Crippen LogP contribution in [-0.2, 0) is 17.6 Å². The lowest BCUT2D eigenvalue weighted by atomic mass is 10.1. The second-order valence-corrected chi connectivity index (χ2v) is 5.84. The first-order valence-electron chi connectivity index (χ1n) is 7.67. The molecule has 2 aromatic carbocycles. The molecule has 0 amide bonds. The maximum Gasteiger partial charge on any atom is 0.318 e. The summed E-state index contributed by atoms with van der Waals surface area (Å²) in [6.45, 7) is 2.03. The fourth-order valence-corrected chi connectivity index (χ4v) is 2.96. The lowest BCUT2D eigenvalue weighted by molar-refractivity contribution is -0.133. The van der Waals surface area contributed by atoms with Crippen LogP contribution in [-0.4, -0.2) is 5.97 Å². The van der Waals surface area contributed by atoms with Gasteiger partial charge in [-0.1, -0.05) is 35.9 Å². The fourth-order valence-electron chi connectivity index (χ4n) is 2.96. The average Bonchev–Trinajstić information content (AvgIpc) is 3.13. The van der Waals surface area contributed by atoms with Crippen molar-refractivity contribution in [3.8, 4) is 5.75 Å². The summed E-state index contributed by atoms with van der Waals surface area (Å²) in [6, 6.07) is 13.6. The molecule has 0 fully saturated rings. The third-order valence-corrected chi connectivity index (χ3v) is 4.05. The molecule has 0 saturated heterocycles. The predicted molar refractivity (Wildman–Crippen MR) is 89.5 cm³/mol. The molecule has 23 heavy (non-hydrogen) atoms. The highest BCUT2D eigenvalue weighted by Crippen LogP contribution is 2.29. The number of carbonyl (C=O) groups is 1. The molecule has 0 bridgehead atoms. The smallest absolute Gasteiger partial charge is 0.318 e. The molecule has 0 radical (unpaired) electrons. The summed E-state index contributed by atoms with van der Waals surface area (Å²) in [5.41, 5.74) is 4.15. The lowest BCUT2D eigenvalue weighted by Gasteiger charge is -2.08. The number of hydrogen-bond acceptors (Lipinski definition) is 3. The van der Waals surface area contributed by atoms with Gasteiger partial charge in [-0.2, -0.15) is 0 Å². The first-order chi connectivity index (χ1) is 11.2. The van der Waals surface area contributed by atoms with Crippen molar-refractivity contribution in [3.05, 3.63) is 71.0 Å². The number of rotatable bonds is 3. The number of carbonyl (C=O) groups excluding carboxylic acids is 1. The zero-order chi connectivity index (χ0) is 15.8. The van der Waals surface area contributed by atoms with E-state index in [1.54, 1.807) is 0 Å². The van der Waals surface area contributed by atoms with Gasteiger partial charge >= 0.3 is 5.97 Å². The molecule has 1 aromatic heterocycles. The SMILES string of the molecule is Cc1ccc2oc(CC(=O)Oc3cccc4c3CC=C4)cc2c1. The molecule has 114 valence electrons. The number of aryl methyl sites for hydroxylation is 1. The van der Waals surface area contributed by atoms with Crippen molar-refractivity contribution in [2.75, 3.05) is 0 Å². The summed E-state index contributed by atoms with van der Waals surface area (Å²) in [7, 11) is 0. The zero-order valence-electron chi connectivity index (χ0n) is 12.8. The highest BCUT2D eigenvalue weighted by Gasteiger charge is 2.16. The van der Waals surface area contributed by atoms with Crippen LogP contribution in [0.5, 0.6) is 5.75 Å². The minimum absolute atomic E-state index is 0.130. The molecule has 0 N–H and O–H groups in total. The van der Waals surface area contributed by atoms with Crippen molar-refractivity contribution in [3.63, 3.8) is 0 Å². The van der Waals surface area contributed by atoms with E-state index in [0.717, 1.165) is 28.5 Å². The number of esters is 1. The van der Waals surface area contributed by atoms with E-state index in [1.165, 1.54) is 5.56 Å². The fraction of sp³-hybridized carbons (Fsp3) is 0.150. The van der Waals surface area contributed by atoms with E-state index in [1.807, 2.05) is 55.5 Å². The van der Waals surface area contributed by atoms with Crippen molar-refractivity contribution in [2.24, 2.45) is 0 Å². The molecule has 3 heteroatoms. The molecule has 3 nitrogen and oxygen atoms in total. The van der Waals surface area contributed by atoms with Crippen molar-refractivity contribution in [1.82, 2.24) is 0 Å². The Kier molecular flexibility index (Phi) is 3.27. The number of furan rings is 1. The Hall–Kier alpha value is -2.81. The molecular formula is C20H16O3. The Morgan fingerprint density at radius 3 is 3.04 bits per heavy atom. The van der Waals surface area contributed by atoms with Gasteiger partial charge < -0.3 is 9.15 Å². The molecule has 0 spiro atoms. The van der Waals surface area contributed by atoms with E-state index in [-0.39, 0.29) is 12.4 Å². The van der Waals surface area contributed by atoms with Crippen LogP contribution >= 0.6 is 0 Å². The first-order valence-corrected chi connectivity index (χ1v) is 7.67. The van der Waals surface area contributed by atoms with E-state index in [9.17, 15) is 4.79 Å². The van der Waals surface area contributed by atoms with Crippen LogP contribution in [0.4, 0.5) is 0 Å². The quantitative estimate of drug-likeness (QED) is 0.530. The van der Waals surface area contributed by atoms with Gasteiger partial charge in [-0.25, -0.2) is 0 Å². The van der Waals surface area contributed by atoms with E-state index < -0.39 is 0 Å². The minimum atomic E-state index is -0.305. The summed E-state index contributed by atoms with van der Waals surface area (Å²) in [5, 5.41) is 1.01. The molecule has 1 aliphatic carbocycles. The van der Waals surface area contributed by atoms with Crippen LogP contribution in [0.2, 0.25) is 0 Å². The Labute approximate surface area is 134 Å². The van der Waals surface area contributed by atoms with Gasteiger partial charge in [0.1, 0.15) is 23.5 Å². The van der Waals surface area contributed by atoms with Gasteiger partial charge in [-0.05, 0) is 43.2 Å². The standard InChI is InChI=1S/C20H16O3/c1-13-8-9-18-15(10-13)11-16(22-18)12-20(21)23-19-7-3-5-14-4-2-6-17(14)19/h2-5,7-11H,6,12H2,1H3. The van der Waals surface area contributed by atoms with Crippen LogP contribution in [0.1, 0.15) is 22.5 Å². The first kappa shape index (κ1) is 13.8. The van der Waals surface area contributed by atoms with E-state index in [2.05, 4.69) is 6.08 Å². The van der Waals surface area contributed by atoms with Crippen LogP contribution in [0.25, 0.3) is 17.0 Å². The van der Waals surface area contributed by atoms with Crippen LogP contribution < -0.4 is 4.74 Å². The Balaban J connectivity index is 1.52. The van der Waals surface area contributed by atoms with Crippen LogP contribution in [0.15, 0.2) is 53.0 Å². The molecule has 0 atom stereocenters. The summed E-state index contributed by atoms with van der Waals surface area (Å²) < 4.78 is 11.3. The summed E-state index contributed by atoms with van der Waals surface area (Å²) >= 11 is 0. The zero-order valence-corrected chi connectivity index (χ0v) is 12.8. The normalized spacial score (nSPS) is 12.6. The number of fused-ring (bicyclic) bond motifs is 2. The number of hydrogen-bond donors (Lipinski definition) is 0. The molecule has 0 aliphatic heterocycles. The third kappa shape index (κ3) is 2.66. The average molecular weight is 304 g/mol. The van der Waals surface area contributed by atoms with Gasteiger partial charge in [0.2, 0.25) is 0 Å². The van der Waals surface area contributed by atoms with Crippen molar-refractivity contribution in [2.45, 2.75) is 19.8 Å². The number of allylic oxidation sites excluding steroid dienone is 1. The van der Waals surface area contributed by atoms with Crippen molar-refractivity contribution >= 4 is 23.0 Å². The van der Waals surface area contributed by atoms with E-state index in [4.69, 9.17) is 9.15 Å². The lowest BCUT2D eigenvalue weighted by Crippen LogP contribution is -2.12. The number of ether oxygens (including phenoxy) is 1. The van der Waals surface area contributed by atoms with Gasteiger partial charge in [-0.15, -0.1) is 0 Å². The monoisotopic (exact) mass is 304 g/mol. The maximum absolute atomic E-state index is 12.2. The summed E-state index contributed by atoms with van der Waals surface area (Å²) in [4.78, 5) is 12.2. The van der Waals surface area contributed by atoms with Crippen LogP contribution in [0.3, 0.4) is 0 Å². The van der Waals surface area contributed by atoms with Crippen molar-refractivity contribution < 1.29 is 13.9 Å². The molecule has 4 rings (SSSR count). The van der Waals surface area contributed by atoms with Gasteiger partial charge in [0.25, 0.3) is 0 Å². The van der Waals surface area contributed by atoms with E-state index in [0.29, 0.717) is 11.5 Å². The van der Waals surface area contributed by atoms with Gasteiger partial charge in [0, 0.05) is 10.9 Å². The largest absolute Gasteiger partial charge is 0.460 e. The second kappa shape index (κ2) is 5.43. The predicted octanol–water partition coefficient (Wildman–Crippen LogP) is 4.46.